The molecule has 7 heteroatoms. The molecule has 0 aromatic rings. The molecule has 1 saturated heterocycles. The van der Waals surface area contributed by atoms with E-state index in [-0.39, 0.29) is 49.3 Å². The highest BCUT2D eigenvalue weighted by Gasteiger charge is 2.33. The average Bonchev–Trinajstić information content (AvgIpc) is 2.65. The number of terminal acetylenes is 1. The maximum atomic E-state index is 12.0. The highest BCUT2D eigenvalue weighted by molar-refractivity contribution is 7.91. The molecule has 0 radical (unpaired) electrons. The summed E-state index contributed by atoms with van der Waals surface area (Å²) in [4.78, 5) is 23.7. The Bertz CT molecular complexity index is 491. The lowest BCUT2D eigenvalue weighted by molar-refractivity contribution is -0.137. The number of carbonyl (C=O) groups is 2. The molecule has 0 aromatic carbocycles. The van der Waals surface area contributed by atoms with Gasteiger partial charge in [0.05, 0.1) is 18.1 Å². The van der Waals surface area contributed by atoms with E-state index in [1.54, 1.807) is 0 Å². The van der Waals surface area contributed by atoms with Crippen molar-refractivity contribution in [3.8, 4) is 12.3 Å². The lowest BCUT2D eigenvalue weighted by atomic mass is 10.1. The van der Waals surface area contributed by atoms with Crippen molar-refractivity contribution in [1.29, 1.82) is 0 Å². The Labute approximate surface area is 112 Å². The largest absolute Gasteiger partial charge is 0.481 e. The van der Waals surface area contributed by atoms with Crippen molar-refractivity contribution in [1.82, 2.24) is 4.90 Å². The van der Waals surface area contributed by atoms with Crippen LogP contribution >= 0.6 is 0 Å². The first-order valence-corrected chi connectivity index (χ1v) is 7.83. The molecular formula is C12H17NO5S. The van der Waals surface area contributed by atoms with E-state index in [0.29, 0.717) is 6.42 Å². The minimum Gasteiger partial charge on any atom is -0.481 e. The monoisotopic (exact) mass is 287 g/mol. The summed E-state index contributed by atoms with van der Waals surface area (Å²) in [6.45, 7) is 0.0616. The van der Waals surface area contributed by atoms with Gasteiger partial charge in [-0.3, -0.25) is 9.59 Å². The van der Waals surface area contributed by atoms with Crippen LogP contribution in [0.2, 0.25) is 0 Å². The molecule has 1 rings (SSSR count). The zero-order valence-electron chi connectivity index (χ0n) is 10.5. The van der Waals surface area contributed by atoms with Gasteiger partial charge in [-0.15, -0.1) is 6.42 Å². The van der Waals surface area contributed by atoms with Gasteiger partial charge in [0.25, 0.3) is 0 Å². The van der Waals surface area contributed by atoms with Crippen LogP contribution in [-0.2, 0) is 19.4 Å². The number of rotatable bonds is 6. The van der Waals surface area contributed by atoms with Crippen LogP contribution in [0.1, 0.15) is 25.7 Å². The Kier molecular flexibility index (Phi) is 5.36. The van der Waals surface area contributed by atoms with E-state index >= 15 is 0 Å². The molecule has 1 fully saturated rings. The molecular weight excluding hydrogens is 270 g/mol. The van der Waals surface area contributed by atoms with Gasteiger partial charge >= 0.3 is 5.97 Å². The minimum atomic E-state index is -3.08. The normalized spacial score (nSPS) is 20.7. The Hall–Kier alpha value is -1.55. The Morgan fingerprint density at radius 1 is 1.37 bits per heavy atom. The first kappa shape index (κ1) is 15.5. The number of hydrogen-bond donors (Lipinski definition) is 1. The van der Waals surface area contributed by atoms with Crippen molar-refractivity contribution < 1.29 is 23.1 Å². The topological polar surface area (TPSA) is 91.8 Å². The predicted molar refractivity (Wildman–Crippen MR) is 69.1 cm³/mol. The molecule has 1 aliphatic heterocycles. The van der Waals surface area contributed by atoms with Crippen LogP contribution in [-0.4, -0.2) is 54.4 Å². The second-order valence-corrected chi connectivity index (χ2v) is 6.76. The molecule has 0 bridgehead atoms. The second kappa shape index (κ2) is 6.57. The minimum absolute atomic E-state index is 0.0562. The van der Waals surface area contributed by atoms with E-state index in [1.165, 1.54) is 4.90 Å². The summed E-state index contributed by atoms with van der Waals surface area (Å²) in [5.41, 5.74) is 0. The fourth-order valence-electron chi connectivity index (χ4n) is 2.07. The van der Waals surface area contributed by atoms with Crippen molar-refractivity contribution >= 4 is 21.7 Å². The Morgan fingerprint density at radius 3 is 2.53 bits per heavy atom. The summed E-state index contributed by atoms with van der Waals surface area (Å²) in [6.07, 6.45) is 5.81. The van der Waals surface area contributed by atoms with Crippen LogP contribution in [0.3, 0.4) is 0 Å². The van der Waals surface area contributed by atoms with Crippen LogP contribution in [0.25, 0.3) is 0 Å². The van der Waals surface area contributed by atoms with Gasteiger partial charge in [0.1, 0.15) is 0 Å². The third-order valence-electron chi connectivity index (χ3n) is 3.01. The van der Waals surface area contributed by atoms with Gasteiger partial charge in [0, 0.05) is 18.9 Å². The second-order valence-electron chi connectivity index (χ2n) is 4.53. The number of hydrogen-bond acceptors (Lipinski definition) is 4. The van der Waals surface area contributed by atoms with Crippen molar-refractivity contribution in [3.63, 3.8) is 0 Å². The van der Waals surface area contributed by atoms with Gasteiger partial charge in [-0.05, 0) is 12.8 Å². The van der Waals surface area contributed by atoms with Gasteiger partial charge in [-0.2, -0.15) is 0 Å². The van der Waals surface area contributed by atoms with Crippen LogP contribution in [0.4, 0.5) is 0 Å². The first-order chi connectivity index (χ1) is 8.85. The van der Waals surface area contributed by atoms with Crippen molar-refractivity contribution in [2.24, 2.45) is 0 Å². The van der Waals surface area contributed by atoms with Crippen molar-refractivity contribution in [3.05, 3.63) is 0 Å². The van der Waals surface area contributed by atoms with Gasteiger partial charge in [-0.25, -0.2) is 8.42 Å². The molecule has 19 heavy (non-hydrogen) atoms. The highest BCUT2D eigenvalue weighted by Crippen LogP contribution is 2.18. The van der Waals surface area contributed by atoms with E-state index in [2.05, 4.69) is 5.92 Å². The lowest BCUT2D eigenvalue weighted by Crippen LogP contribution is -2.41. The standard InChI is InChI=1S/C12H17NO5S/c1-2-7-13(10-6-8-19(17,18)9-10)11(14)4-3-5-12(15)16/h1,10H,3-9H2,(H,15,16). The number of carbonyl (C=O) groups excluding carboxylic acids is 1. The summed E-state index contributed by atoms with van der Waals surface area (Å²) in [7, 11) is -3.08. The zero-order chi connectivity index (χ0) is 14.5. The van der Waals surface area contributed by atoms with Crippen molar-refractivity contribution in [2.75, 3.05) is 18.1 Å². The molecule has 6 nitrogen and oxygen atoms in total. The van der Waals surface area contributed by atoms with Crippen LogP contribution in [0.15, 0.2) is 0 Å². The zero-order valence-corrected chi connectivity index (χ0v) is 11.4. The molecule has 1 unspecified atom stereocenters. The summed E-state index contributed by atoms with van der Waals surface area (Å²) < 4.78 is 22.8. The molecule has 1 heterocycles. The SMILES string of the molecule is C#CCN(C(=O)CCCC(=O)O)C1CCS(=O)(=O)C1. The van der Waals surface area contributed by atoms with Gasteiger partial charge in [0.15, 0.2) is 9.84 Å². The Balaban J connectivity index is 2.60. The van der Waals surface area contributed by atoms with E-state index in [1.807, 2.05) is 0 Å². The summed E-state index contributed by atoms with van der Waals surface area (Å²) >= 11 is 0. The van der Waals surface area contributed by atoms with Crippen molar-refractivity contribution in [2.45, 2.75) is 31.7 Å². The van der Waals surface area contributed by atoms with E-state index in [9.17, 15) is 18.0 Å². The maximum absolute atomic E-state index is 12.0. The molecule has 0 saturated carbocycles. The number of nitrogens with zero attached hydrogens (tertiary/aromatic N) is 1. The third-order valence-corrected chi connectivity index (χ3v) is 4.76. The molecule has 1 N–H and O–H groups in total. The van der Waals surface area contributed by atoms with Crippen LogP contribution < -0.4 is 0 Å². The molecule has 1 atom stereocenters. The molecule has 0 spiro atoms. The molecule has 0 aromatic heterocycles. The molecule has 1 amide bonds. The smallest absolute Gasteiger partial charge is 0.303 e. The Morgan fingerprint density at radius 2 is 2.05 bits per heavy atom. The molecule has 0 aliphatic carbocycles. The predicted octanol–water partition coefficient (Wildman–Crippen LogP) is -0.110. The van der Waals surface area contributed by atoms with Crippen LogP contribution in [0, 0.1) is 12.3 Å². The van der Waals surface area contributed by atoms with E-state index in [4.69, 9.17) is 11.5 Å². The van der Waals surface area contributed by atoms with Crippen LogP contribution in [0.5, 0.6) is 0 Å². The fraction of sp³-hybridized carbons (Fsp3) is 0.667. The average molecular weight is 287 g/mol. The number of carboxylic acid groups (broad SMARTS) is 1. The fourth-order valence-corrected chi connectivity index (χ4v) is 3.81. The number of sulfone groups is 1. The first-order valence-electron chi connectivity index (χ1n) is 6.01. The number of aliphatic carboxylic acids is 1. The van der Waals surface area contributed by atoms with E-state index in [0.717, 1.165) is 0 Å². The summed E-state index contributed by atoms with van der Waals surface area (Å²) in [5.74, 6) is 1.13. The van der Waals surface area contributed by atoms with E-state index < -0.39 is 15.8 Å². The van der Waals surface area contributed by atoms with Gasteiger partial charge < -0.3 is 10.0 Å². The molecule has 106 valence electrons. The number of carboxylic acids is 1. The maximum Gasteiger partial charge on any atom is 0.303 e. The molecule has 1 aliphatic rings. The highest BCUT2D eigenvalue weighted by atomic mass is 32.2. The summed E-state index contributed by atoms with van der Waals surface area (Å²) in [5, 5.41) is 8.51. The number of amides is 1. The van der Waals surface area contributed by atoms with Gasteiger partial charge in [0.2, 0.25) is 5.91 Å². The quantitative estimate of drug-likeness (QED) is 0.688. The third kappa shape index (κ3) is 4.91. The summed E-state index contributed by atoms with van der Waals surface area (Å²) in [6, 6.07) is -0.377. The van der Waals surface area contributed by atoms with Gasteiger partial charge in [-0.1, -0.05) is 5.92 Å². The lowest BCUT2D eigenvalue weighted by Gasteiger charge is -2.26.